The van der Waals surface area contributed by atoms with Crippen LogP contribution in [0, 0.1) is 11.7 Å². The Balaban J connectivity index is 1.52. The number of piperidine rings is 1. The number of carbonyl (C=O) groups excluding carboxylic acids is 2. The SMILES string of the molecule is O=C([C@@H]1CCC(=O)N(C2CC2)C1)N(Cc1ccc(F)cc1)Cc1ccccn1. The molecular weight excluding hydrogens is 357 g/mol. The van der Waals surface area contributed by atoms with Crippen molar-refractivity contribution in [3.63, 3.8) is 0 Å². The molecule has 2 aliphatic rings. The van der Waals surface area contributed by atoms with Crippen molar-refractivity contribution in [2.75, 3.05) is 6.54 Å². The molecule has 0 N–H and O–H groups in total. The van der Waals surface area contributed by atoms with Crippen molar-refractivity contribution < 1.29 is 14.0 Å². The summed E-state index contributed by atoms with van der Waals surface area (Å²) in [5.41, 5.74) is 1.68. The molecule has 2 aromatic rings. The molecule has 1 atom stereocenters. The molecule has 6 heteroatoms. The summed E-state index contributed by atoms with van der Waals surface area (Å²) in [5, 5.41) is 0. The molecule has 0 radical (unpaired) electrons. The van der Waals surface area contributed by atoms with Gasteiger partial charge in [-0.3, -0.25) is 14.6 Å². The highest BCUT2D eigenvalue weighted by Gasteiger charge is 2.39. The summed E-state index contributed by atoms with van der Waals surface area (Å²) in [6.07, 6.45) is 4.81. The second-order valence-corrected chi connectivity index (χ2v) is 7.65. The normalized spacial score (nSPS) is 19.5. The molecule has 146 valence electrons. The molecule has 2 fully saturated rings. The van der Waals surface area contributed by atoms with Gasteiger partial charge < -0.3 is 9.80 Å². The van der Waals surface area contributed by atoms with E-state index in [0.29, 0.717) is 38.5 Å². The minimum atomic E-state index is -0.294. The zero-order valence-electron chi connectivity index (χ0n) is 15.8. The molecule has 4 rings (SSSR count). The number of hydrogen-bond acceptors (Lipinski definition) is 3. The van der Waals surface area contributed by atoms with Crippen LogP contribution in [0.3, 0.4) is 0 Å². The highest BCUT2D eigenvalue weighted by molar-refractivity contribution is 5.84. The van der Waals surface area contributed by atoms with Crippen LogP contribution in [0.1, 0.15) is 36.9 Å². The summed E-state index contributed by atoms with van der Waals surface area (Å²) >= 11 is 0. The lowest BCUT2D eigenvalue weighted by atomic mass is 9.95. The Hall–Kier alpha value is -2.76. The van der Waals surface area contributed by atoms with Gasteiger partial charge in [0.05, 0.1) is 18.2 Å². The van der Waals surface area contributed by atoms with Gasteiger partial charge in [0, 0.05) is 31.7 Å². The molecule has 28 heavy (non-hydrogen) atoms. The van der Waals surface area contributed by atoms with Gasteiger partial charge in [-0.25, -0.2) is 4.39 Å². The van der Waals surface area contributed by atoms with E-state index in [1.54, 1.807) is 23.2 Å². The second kappa shape index (κ2) is 8.09. The number of carbonyl (C=O) groups is 2. The van der Waals surface area contributed by atoms with E-state index in [1.807, 2.05) is 23.1 Å². The summed E-state index contributed by atoms with van der Waals surface area (Å²) < 4.78 is 13.3. The number of hydrogen-bond donors (Lipinski definition) is 0. The lowest BCUT2D eigenvalue weighted by Crippen LogP contribution is -2.47. The van der Waals surface area contributed by atoms with Gasteiger partial charge in [-0.1, -0.05) is 18.2 Å². The van der Waals surface area contributed by atoms with Gasteiger partial charge in [-0.2, -0.15) is 0 Å². The average molecular weight is 381 g/mol. The molecule has 1 aliphatic carbocycles. The number of rotatable bonds is 6. The van der Waals surface area contributed by atoms with Gasteiger partial charge in [0.1, 0.15) is 5.82 Å². The number of nitrogens with zero attached hydrogens (tertiary/aromatic N) is 3. The lowest BCUT2D eigenvalue weighted by Gasteiger charge is -2.35. The molecular formula is C22H24FN3O2. The number of likely N-dealkylation sites (tertiary alicyclic amines) is 1. The third-order valence-corrected chi connectivity index (χ3v) is 5.46. The highest BCUT2D eigenvalue weighted by atomic mass is 19.1. The lowest BCUT2D eigenvalue weighted by molar-refractivity contribution is -0.144. The Labute approximate surface area is 164 Å². The Morgan fingerprint density at radius 3 is 2.57 bits per heavy atom. The molecule has 0 bridgehead atoms. The van der Waals surface area contributed by atoms with Crippen LogP contribution in [0.2, 0.25) is 0 Å². The molecule has 2 heterocycles. The van der Waals surface area contributed by atoms with Gasteiger partial charge in [0.25, 0.3) is 0 Å². The van der Waals surface area contributed by atoms with Crippen LogP contribution < -0.4 is 0 Å². The maximum absolute atomic E-state index is 13.4. The van der Waals surface area contributed by atoms with Gasteiger partial charge >= 0.3 is 0 Å². The third-order valence-electron chi connectivity index (χ3n) is 5.46. The topological polar surface area (TPSA) is 53.5 Å². The first-order valence-corrected chi connectivity index (χ1v) is 9.83. The zero-order valence-corrected chi connectivity index (χ0v) is 15.8. The van der Waals surface area contributed by atoms with E-state index in [4.69, 9.17) is 0 Å². The molecule has 1 saturated heterocycles. The fourth-order valence-electron chi connectivity index (χ4n) is 3.78. The fraction of sp³-hybridized carbons (Fsp3) is 0.409. The number of halogens is 1. The maximum atomic E-state index is 13.4. The Morgan fingerprint density at radius 2 is 1.89 bits per heavy atom. The van der Waals surface area contributed by atoms with Crippen LogP contribution in [0.15, 0.2) is 48.7 Å². The molecule has 1 aliphatic heterocycles. The first-order chi connectivity index (χ1) is 13.6. The van der Waals surface area contributed by atoms with E-state index in [2.05, 4.69) is 4.98 Å². The van der Waals surface area contributed by atoms with Crippen LogP contribution in [-0.4, -0.2) is 39.2 Å². The van der Waals surface area contributed by atoms with Gasteiger partial charge in [-0.05, 0) is 49.1 Å². The van der Waals surface area contributed by atoms with Crippen molar-refractivity contribution in [2.45, 2.75) is 44.8 Å². The average Bonchev–Trinajstić information content (AvgIpc) is 3.55. The van der Waals surface area contributed by atoms with Crippen LogP contribution in [-0.2, 0) is 22.7 Å². The van der Waals surface area contributed by atoms with Crippen molar-refractivity contribution >= 4 is 11.8 Å². The Morgan fingerprint density at radius 1 is 1.11 bits per heavy atom. The number of pyridine rings is 1. The summed E-state index contributed by atoms with van der Waals surface area (Å²) in [6, 6.07) is 12.2. The number of amides is 2. The van der Waals surface area contributed by atoms with E-state index >= 15 is 0 Å². The van der Waals surface area contributed by atoms with Crippen molar-refractivity contribution in [1.29, 1.82) is 0 Å². The Kier molecular flexibility index (Phi) is 5.37. The maximum Gasteiger partial charge on any atom is 0.228 e. The molecule has 1 aromatic carbocycles. The molecule has 0 spiro atoms. The quantitative estimate of drug-likeness (QED) is 0.772. The summed E-state index contributed by atoms with van der Waals surface area (Å²) in [4.78, 5) is 33.6. The minimum Gasteiger partial charge on any atom is -0.339 e. The van der Waals surface area contributed by atoms with E-state index < -0.39 is 0 Å². The molecule has 0 unspecified atom stereocenters. The van der Waals surface area contributed by atoms with Gasteiger partial charge in [0.15, 0.2) is 0 Å². The van der Waals surface area contributed by atoms with Gasteiger partial charge in [0.2, 0.25) is 11.8 Å². The summed E-state index contributed by atoms with van der Waals surface area (Å²) in [6.45, 7) is 1.29. The van der Waals surface area contributed by atoms with Crippen molar-refractivity contribution in [1.82, 2.24) is 14.8 Å². The molecule has 1 saturated carbocycles. The van der Waals surface area contributed by atoms with Crippen LogP contribution in [0.25, 0.3) is 0 Å². The zero-order chi connectivity index (χ0) is 19.5. The first kappa shape index (κ1) is 18.6. The predicted molar refractivity (Wildman–Crippen MR) is 102 cm³/mol. The Bertz CT molecular complexity index is 837. The van der Waals surface area contributed by atoms with E-state index in [-0.39, 0.29) is 23.5 Å². The minimum absolute atomic E-state index is 0.0353. The summed E-state index contributed by atoms with van der Waals surface area (Å²) in [5.74, 6) is -0.283. The van der Waals surface area contributed by atoms with Crippen LogP contribution in [0.5, 0.6) is 0 Å². The van der Waals surface area contributed by atoms with E-state index in [0.717, 1.165) is 24.1 Å². The fourth-order valence-corrected chi connectivity index (χ4v) is 3.78. The van der Waals surface area contributed by atoms with Crippen molar-refractivity contribution in [2.24, 2.45) is 5.92 Å². The van der Waals surface area contributed by atoms with Crippen molar-refractivity contribution in [3.05, 3.63) is 65.7 Å². The number of benzene rings is 1. The van der Waals surface area contributed by atoms with E-state index in [9.17, 15) is 14.0 Å². The first-order valence-electron chi connectivity index (χ1n) is 9.83. The predicted octanol–water partition coefficient (Wildman–Crippen LogP) is 3.15. The van der Waals surface area contributed by atoms with Crippen molar-refractivity contribution in [3.8, 4) is 0 Å². The molecule has 5 nitrogen and oxygen atoms in total. The summed E-state index contributed by atoms with van der Waals surface area (Å²) in [7, 11) is 0. The molecule has 2 amide bonds. The monoisotopic (exact) mass is 381 g/mol. The molecule has 1 aromatic heterocycles. The second-order valence-electron chi connectivity index (χ2n) is 7.65. The highest BCUT2D eigenvalue weighted by Crippen LogP contribution is 2.32. The third kappa shape index (κ3) is 4.38. The largest absolute Gasteiger partial charge is 0.339 e. The van der Waals surface area contributed by atoms with Gasteiger partial charge in [-0.15, -0.1) is 0 Å². The smallest absolute Gasteiger partial charge is 0.228 e. The van der Waals surface area contributed by atoms with Crippen LogP contribution >= 0.6 is 0 Å². The van der Waals surface area contributed by atoms with E-state index in [1.165, 1.54) is 12.1 Å². The van der Waals surface area contributed by atoms with Crippen LogP contribution in [0.4, 0.5) is 4.39 Å². The standard InChI is InChI=1S/C22H24FN3O2/c23-18-7-4-16(5-8-18)13-25(15-19-3-1-2-12-24-19)22(28)17-6-11-21(27)26(14-17)20-9-10-20/h1-5,7-8,12,17,20H,6,9-11,13-15H2/t17-/m1/s1. The number of aromatic nitrogens is 1.